The highest BCUT2D eigenvalue weighted by Crippen LogP contribution is 2.20. The molecule has 1 aromatic heterocycles. The lowest BCUT2D eigenvalue weighted by Gasteiger charge is -2.31. The highest BCUT2D eigenvalue weighted by atomic mass is 32.1. The van der Waals surface area contributed by atoms with E-state index in [1.807, 2.05) is 17.5 Å². The summed E-state index contributed by atoms with van der Waals surface area (Å²) in [5, 5.41) is 4.72. The van der Waals surface area contributed by atoms with Gasteiger partial charge in [0.25, 0.3) is 5.91 Å². The van der Waals surface area contributed by atoms with Crippen molar-refractivity contribution in [1.29, 1.82) is 0 Å². The van der Waals surface area contributed by atoms with Gasteiger partial charge in [-0.25, -0.2) is 0 Å². The predicted octanol–water partition coefficient (Wildman–Crippen LogP) is 1.67. The van der Waals surface area contributed by atoms with E-state index in [0.717, 1.165) is 12.8 Å². The highest BCUT2D eigenvalue weighted by Gasteiger charge is 2.29. The average Bonchev–Trinajstić information content (AvgIpc) is 3.12. The van der Waals surface area contributed by atoms with Crippen LogP contribution in [0.25, 0.3) is 0 Å². The summed E-state index contributed by atoms with van der Waals surface area (Å²) in [5.74, 6) is -0.489. The summed E-state index contributed by atoms with van der Waals surface area (Å²) in [4.78, 5) is 38.0. The van der Waals surface area contributed by atoms with Gasteiger partial charge in [0.1, 0.15) is 0 Å². The lowest BCUT2D eigenvalue weighted by Crippen LogP contribution is -2.45. The molecule has 1 N–H and O–H groups in total. The molecule has 2 heterocycles. The molecule has 1 aliphatic heterocycles. The van der Waals surface area contributed by atoms with Crippen molar-refractivity contribution < 1.29 is 19.1 Å². The summed E-state index contributed by atoms with van der Waals surface area (Å²) in [6.07, 6.45) is 2.47. The third-order valence-corrected chi connectivity index (χ3v) is 4.75. The van der Waals surface area contributed by atoms with E-state index in [1.165, 1.54) is 18.4 Å². The molecule has 1 atom stereocenters. The van der Waals surface area contributed by atoms with Gasteiger partial charge in [-0.15, -0.1) is 11.3 Å². The Hall–Kier alpha value is -1.89. The van der Waals surface area contributed by atoms with Crippen molar-refractivity contribution >= 4 is 29.1 Å². The third-order valence-electron chi connectivity index (χ3n) is 3.90. The van der Waals surface area contributed by atoms with Crippen molar-refractivity contribution in [2.75, 3.05) is 26.7 Å². The maximum absolute atomic E-state index is 12.4. The van der Waals surface area contributed by atoms with Gasteiger partial charge in [-0.05, 0) is 30.7 Å². The molecule has 0 radical (unpaired) electrons. The molecule has 1 aromatic rings. The minimum atomic E-state index is -0.273. The van der Waals surface area contributed by atoms with Gasteiger partial charge in [0.2, 0.25) is 5.91 Å². The van der Waals surface area contributed by atoms with Crippen LogP contribution in [0.15, 0.2) is 17.5 Å². The van der Waals surface area contributed by atoms with Crippen molar-refractivity contribution in [2.24, 2.45) is 5.92 Å². The fourth-order valence-electron chi connectivity index (χ4n) is 2.62. The third kappa shape index (κ3) is 5.06. The molecule has 1 unspecified atom stereocenters. The Morgan fingerprint density at radius 2 is 2.26 bits per heavy atom. The molecular weight excluding hydrogens is 316 g/mol. The molecule has 126 valence electrons. The van der Waals surface area contributed by atoms with E-state index in [4.69, 9.17) is 0 Å². The summed E-state index contributed by atoms with van der Waals surface area (Å²) < 4.78 is 4.55. The second kappa shape index (κ2) is 8.67. The Balaban J connectivity index is 1.77. The minimum Gasteiger partial charge on any atom is -0.469 e. The number of nitrogens with one attached hydrogen (secondary N) is 1. The standard InChI is InChI=1S/C16H22N2O4S/c1-22-14(19)7-2-8-17-15(20)12-5-3-9-18(11-12)16(21)13-6-4-10-23-13/h4,6,10,12H,2-3,5,7-9,11H2,1H3,(H,17,20). The molecule has 0 bridgehead atoms. The molecule has 0 aliphatic carbocycles. The van der Waals surface area contributed by atoms with E-state index in [-0.39, 0.29) is 23.7 Å². The van der Waals surface area contributed by atoms with Gasteiger partial charge in [0, 0.05) is 26.1 Å². The second-order valence-corrected chi connectivity index (χ2v) is 6.49. The van der Waals surface area contributed by atoms with Crippen molar-refractivity contribution in [2.45, 2.75) is 25.7 Å². The van der Waals surface area contributed by atoms with Gasteiger partial charge < -0.3 is 15.0 Å². The van der Waals surface area contributed by atoms with E-state index in [0.29, 0.717) is 37.4 Å². The molecule has 0 spiro atoms. The summed E-state index contributed by atoms with van der Waals surface area (Å²) in [5.41, 5.74) is 0. The first-order chi connectivity index (χ1) is 11.1. The van der Waals surface area contributed by atoms with Gasteiger partial charge in [0.15, 0.2) is 0 Å². The Kier molecular flexibility index (Phi) is 6.58. The van der Waals surface area contributed by atoms with Crippen LogP contribution in [0.2, 0.25) is 0 Å². The maximum atomic E-state index is 12.4. The smallest absolute Gasteiger partial charge is 0.305 e. The monoisotopic (exact) mass is 338 g/mol. The Bertz CT molecular complexity index is 544. The van der Waals surface area contributed by atoms with E-state index in [9.17, 15) is 14.4 Å². The van der Waals surface area contributed by atoms with E-state index < -0.39 is 0 Å². The van der Waals surface area contributed by atoms with Crippen LogP contribution in [0.4, 0.5) is 0 Å². The molecule has 1 fully saturated rings. The van der Waals surface area contributed by atoms with Crippen LogP contribution in [0.1, 0.15) is 35.4 Å². The lowest BCUT2D eigenvalue weighted by atomic mass is 9.97. The maximum Gasteiger partial charge on any atom is 0.305 e. The first-order valence-corrected chi connectivity index (χ1v) is 8.67. The number of hydrogen-bond acceptors (Lipinski definition) is 5. The zero-order valence-corrected chi connectivity index (χ0v) is 14.1. The second-order valence-electron chi connectivity index (χ2n) is 5.54. The summed E-state index contributed by atoms with van der Waals surface area (Å²) >= 11 is 1.42. The number of carbonyl (C=O) groups is 3. The van der Waals surface area contributed by atoms with Gasteiger partial charge >= 0.3 is 5.97 Å². The van der Waals surface area contributed by atoms with Crippen LogP contribution in [-0.4, -0.2) is 49.4 Å². The van der Waals surface area contributed by atoms with Crippen LogP contribution in [0.5, 0.6) is 0 Å². The van der Waals surface area contributed by atoms with Crippen molar-refractivity contribution in [3.05, 3.63) is 22.4 Å². The summed E-state index contributed by atoms with van der Waals surface area (Å²) in [6.45, 7) is 1.60. The summed E-state index contributed by atoms with van der Waals surface area (Å²) in [7, 11) is 1.35. The largest absolute Gasteiger partial charge is 0.469 e. The number of rotatable bonds is 6. The quantitative estimate of drug-likeness (QED) is 0.632. The normalized spacial score (nSPS) is 17.6. The molecule has 23 heavy (non-hydrogen) atoms. The van der Waals surface area contributed by atoms with Gasteiger partial charge in [-0.2, -0.15) is 0 Å². The zero-order chi connectivity index (χ0) is 16.7. The SMILES string of the molecule is COC(=O)CCCNC(=O)C1CCCN(C(=O)c2cccs2)C1. The minimum absolute atomic E-state index is 0.00295. The van der Waals surface area contributed by atoms with Crippen molar-refractivity contribution in [3.63, 3.8) is 0 Å². The number of amides is 2. The Morgan fingerprint density at radius 3 is 2.96 bits per heavy atom. The molecule has 7 heteroatoms. The molecule has 2 amide bonds. The zero-order valence-electron chi connectivity index (χ0n) is 13.2. The fraction of sp³-hybridized carbons (Fsp3) is 0.562. The summed E-state index contributed by atoms with van der Waals surface area (Å²) in [6, 6.07) is 3.66. The van der Waals surface area contributed by atoms with E-state index >= 15 is 0 Å². The Labute approximate surface area is 139 Å². The van der Waals surface area contributed by atoms with Gasteiger partial charge in [-0.1, -0.05) is 6.07 Å². The number of hydrogen-bond donors (Lipinski definition) is 1. The molecule has 0 saturated carbocycles. The molecule has 0 aromatic carbocycles. The van der Waals surface area contributed by atoms with E-state index in [2.05, 4.69) is 10.1 Å². The molecule has 2 rings (SSSR count). The predicted molar refractivity (Wildman–Crippen MR) is 87.2 cm³/mol. The molecular formula is C16H22N2O4S. The van der Waals surface area contributed by atoms with Crippen LogP contribution in [0, 0.1) is 5.92 Å². The first-order valence-electron chi connectivity index (χ1n) is 7.79. The lowest BCUT2D eigenvalue weighted by molar-refractivity contribution is -0.140. The van der Waals surface area contributed by atoms with Gasteiger partial charge in [-0.3, -0.25) is 14.4 Å². The topological polar surface area (TPSA) is 75.7 Å². The van der Waals surface area contributed by atoms with Crippen LogP contribution in [0.3, 0.4) is 0 Å². The number of ether oxygens (including phenoxy) is 1. The fourth-order valence-corrected chi connectivity index (χ4v) is 3.31. The number of carbonyl (C=O) groups excluding carboxylic acids is 3. The average molecular weight is 338 g/mol. The number of esters is 1. The molecule has 1 aliphatic rings. The molecule has 1 saturated heterocycles. The number of piperidine rings is 1. The van der Waals surface area contributed by atoms with Crippen molar-refractivity contribution in [1.82, 2.24) is 10.2 Å². The van der Waals surface area contributed by atoms with E-state index in [1.54, 1.807) is 4.90 Å². The van der Waals surface area contributed by atoms with Crippen molar-refractivity contribution in [3.8, 4) is 0 Å². The number of likely N-dealkylation sites (tertiary alicyclic amines) is 1. The molecule has 6 nitrogen and oxygen atoms in total. The van der Waals surface area contributed by atoms with Crippen LogP contribution >= 0.6 is 11.3 Å². The van der Waals surface area contributed by atoms with Crippen LogP contribution < -0.4 is 5.32 Å². The van der Waals surface area contributed by atoms with Gasteiger partial charge in [0.05, 0.1) is 17.9 Å². The number of methoxy groups -OCH3 is 1. The Morgan fingerprint density at radius 1 is 1.43 bits per heavy atom. The first kappa shape index (κ1) is 17.5. The number of nitrogens with zero attached hydrogens (tertiary/aromatic N) is 1. The highest BCUT2D eigenvalue weighted by molar-refractivity contribution is 7.12. The number of thiophene rings is 1. The van der Waals surface area contributed by atoms with Crippen LogP contribution in [-0.2, 0) is 14.3 Å².